The Bertz CT molecular complexity index is 631. The van der Waals surface area contributed by atoms with Crippen LogP contribution in [0, 0.1) is 12.8 Å². The number of ether oxygens (including phenoxy) is 1. The molecule has 6 heteroatoms. The molecule has 0 aliphatic carbocycles. The maximum absolute atomic E-state index is 11.7. The summed E-state index contributed by atoms with van der Waals surface area (Å²) in [5.74, 6) is 1.26. The standard InChI is InChI=1S/C17H28N2O3S/c1-5-15-12-19(23(4,20)21)9-8-16(15)18-11-14-6-7-17(22-3)13(2)10-14/h6-7,10,15-16,18H,5,8-9,11-12H2,1-4H3/t15-,16-/m1/s1. The highest BCUT2D eigenvalue weighted by atomic mass is 32.2. The molecule has 0 aromatic heterocycles. The quantitative estimate of drug-likeness (QED) is 0.862. The van der Waals surface area contributed by atoms with Gasteiger partial charge >= 0.3 is 0 Å². The molecule has 0 spiro atoms. The Morgan fingerprint density at radius 3 is 2.70 bits per heavy atom. The van der Waals surface area contributed by atoms with Crippen LogP contribution in [0.15, 0.2) is 18.2 Å². The number of sulfonamides is 1. The minimum absolute atomic E-state index is 0.359. The predicted molar refractivity (Wildman–Crippen MR) is 93.2 cm³/mol. The Hall–Kier alpha value is -1.11. The van der Waals surface area contributed by atoms with Gasteiger partial charge in [0.1, 0.15) is 5.75 Å². The van der Waals surface area contributed by atoms with Gasteiger partial charge in [-0.25, -0.2) is 12.7 Å². The zero-order valence-corrected chi connectivity index (χ0v) is 15.3. The van der Waals surface area contributed by atoms with Crippen LogP contribution in [0.4, 0.5) is 0 Å². The van der Waals surface area contributed by atoms with Gasteiger partial charge in [0.05, 0.1) is 13.4 Å². The summed E-state index contributed by atoms with van der Waals surface area (Å²) in [6.07, 6.45) is 3.14. The summed E-state index contributed by atoms with van der Waals surface area (Å²) in [4.78, 5) is 0. The highest BCUT2D eigenvalue weighted by Gasteiger charge is 2.31. The number of nitrogens with zero attached hydrogens (tertiary/aromatic N) is 1. The van der Waals surface area contributed by atoms with Gasteiger partial charge in [-0.2, -0.15) is 0 Å². The van der Waals surface area contributed by atoms with Crippen molar-refractivity contribution in [3.8, 4) is 5.75 Å². The summed E-state index contributed by atoms with van der Waals surface area (Å²) < 4.78 is 30.3. The first-order chi connectivity index (χ1) is 10.8. The van der Waals surface area contributed by atoms with Gasteiger partial charge in [0, 0.05) is 25.7 Å². The molecular formula is C17H28N2O3S. The lowest BCUT2D eigenvalue weighted by molar-refractivity contribution is 0.202. The molecular weight excluding hydrogens is 312 g/mol. The van der Waals surface area contributed by atoms with E-state index < -0.39 is 10.0 Å². The van der Waals surface area contributed by atoms with E-state index in [0.29, 0.717) is 25.0 Å². The summed E-state index contributed by atoms with van der Waals surface area (Å²) in [7, 11) is -1.40. The molecule has 1 aliphatic rings. The molecule has 5 nitrogen and oxygen atoms in total. The predicted octanol–water partition coefficient (Wildman–Crippen LogP) is 2.15. The van der Waals surface area contributed by atoms with Crippen LogP contribution in [-0.2, 0) is 16.6 Å². The van der Waals surface area contributed by atoms with Gasteiger partial charge in [-0.05, 0) is 36.5 Å². The van der Waals surface area contributed by atoms with Gasteiger partial charge in [-0.3, -0.25) is 0 Å². The highest BCUT2D eigenvalue weighted by Crippen LogP contribution is 2.23. The SMILES string of the molecule is CC[C@@H]1CN(S(C)(=O)=O)CC[C@H]1NCc1ccc(OC)c(C)c1. The van der Waals surface area contributed by atoms with E-state index in [-0.39, 0.29) is 0 Å². The van der Waals surface area contributed by atoms with Gasteiger partial charge in [0.2, 0.25) is 10.0 Å². The van der Waals surface area contributed by atoms with Crippen LogP contribution in [0.25, 0.3) is 0 Å². The van der Waals surface area contributed by atoms with Crippen LogP contribution in [0.3, 0.4) is 0 Å². The lowest BCUT2D eigenvalue weighted by Gasteiger charge is -2.37. The topological polar surface area (TPSA) is 58.6 Å². The molecule has 2 atom stereocenters. The van der Waals surface area contributed by atoms with Crippen LogP contribution in [0.5, 0.6) is 5.75 Å². The molecule has 0 unspecified atom stereocenters. The van der Waals surface area contributed by atoms with E-state index in [1.165, 1.54) is 11.8 Å². The summed E-state index contributed by atoms with van der Waals surface area (Å²) in [6, 6.07) is 6.57. The number of methoxy groups -OCH3 is 1. The van der Waals surface area contributed by atoms with Crippen molar-refractivity contribution in [3.63, 3.8) is 0 Å². The largest absolute Gasteiger partial charge is 0.496 e. The number of hydrogen-bond donors (Lipinski definition) is 1. The van der Waals surface area contributed by atoms with Crippen molar-refractivity contribution in [1.29, 1.82) is 0 Å². The molecule has 0 amide bonds. The second-order valence-corrected chi connectivity index (χ2v) is 8.35. The fraction of sp³-hybridized carbons (Fsp3) is 0.647. The maximum atomic E-state index is 11.7. The normalized spacial score (nSPS) is 23.0. The van der Waals surface area contributed by atoms with Crippen LogP contribution in [-0.4, -0.2) is 45.2 Å². The van der Waals surface area contributed by atoms with E-state index in [9.17, 15) is 8.42 Å². The molecule has 2 rings (SSSR count). The minimum Gasteiger partial charge on any atom is -0.496 e. The molecule has 130 valence electrons. The Balaban J connectivity index is 1.96. The number of nitrogens with one attached hydrogen (secondary N) is 1. The van der Waals surface area contributed by atoms with Crippen molar-refractivity contribution in [2.24, 2.45) is 5.92 Å². The molecule has 1 aromatic rings. The van der Waals surface area contributed by atoms with Gasteiger partial charge in [-0.1, -0.05) is 25.5 Å². The first kappa shape index (κ1) is 18.2. The van der Waals surface area contributed by atoms with Crippen molar-refractivity contribution < 1.29 is 13.2 Å². The summed E-state index contributed by atoms with van der Waals surface area (Å²) in [5, 5.41) is 3.61. The number of piperidine rings is 1. The molecule has 23 heavy (non-hydrogen) atoms. The van der Waals surface area contributed by atoms with Crippen molar-refractivity contribution in [2.75, 3.05) is 26.5 Å². The second kappa shape index (κ2) is 7.64. The van der Waals surface area contributed by atoms with E-state index >= 15 is 0 Å². The third kappa shape index (κ3) is 4.68. The van der Waals surface area contributed by atoms with Crippen molar-refractivity contribution in [2.45, 2.75) is 39.3 Å². The zero-order chi connectivity index (χ0) is 17.0. The van der Waals surface area contributed by atoms with Gasteiger partial charge in [-0.15, -0.1) is 0 Å². The van der Waals surface area contributed by atoms with Gasteiger partial charge in [0.15, 0.2) is 0 Å². The van der Waals surface area contributed by atoms with Crippen LogP contribution in [0.1, 0.15) is 30.9 Å². The van der Waals surface area contributed by atoms with E-state index in [2.05, 4.69) is 24.4 Å². The fourth-order valence-corrected chi connectivity index (χ4v) is 4.18. The highest BCUT2D eigenvalue weighted by molar-refractivity contribution is 7.88. The fourth-order valence-electron chi connectivity index (χ4n) is 3.28. The Morgan fingerprint density at radius 1 is 1.39 bits per heavy atom. The zero-order valence-electron chi connectivity index (χ0n) is 14.5. The number of aryl methyl sites for hydroxylation is 1. The molecule has 1 saturated heterocycles. The number of rotatable bonds is 6. The van der Waals surface area contributed by atoms with Gasteiger partial charge in [0.25, 0.3) is 0 Å². The Morgan fingerprint density at radius 2 is 2.13 bits per heavy atom. The smallest absolute Gasteiger partial charge is 0.211 e. The summed E-state index contributed by atoms with van der Waals surface area (Å²) in [6.45, 7) is 6.19. The van der Waals surface area contributed by atoms with E-state index in [1.54, 1.807) is 11.4 Å². The second-order valence-electron chi connectivity index (χ2n) is 6.37. The monoisotopic (exact) mass is 340 g/mol. The average molecular weight is 340 g/mol. The van der Waals surface area contributed by atoms with Crippen LogP contribution >= 0.6 is 0 Å². The Kier molecular flexibility index (Phi) is 6.06. The molecule has 1 N–H and O–H groups in total. The lowest BCUT2D eigenvalue weighted by atomic mass is 9.91. The molecule has 1 fully saturated rings. The third-order valence-corrected chi connectivity index (χ3v) is 5.99. The van der Waals surface area contributed by atoms with E-state index in [1.807, 2.05) is 13.0 Å². The first-order valence-corrected chi connectivity index (χ1v) is 10.0. The number of benzene rings is 1. The van der Waals surface area contributed by atoms with E-state index in [4.69, 9.17) is 4.74 Å². The van der Waals surface area contributed by atoms with Crippen molar-refractivity contribution in [3.05, 3.63) is 29.3 Å². The molecule has 1 aromatic carbocycles. The summed E-state index contributed by atoms with van der Waals surface area (Å²) in [5.41, 5.74) is 2.36. The molecule has 0 saturated carbocycles. The lowest BCUT2D eigenvalue weighted by Crippen LogP contribution is -2.50. The first-order valence-electron chi connectivity index (χ1n) is 8.17. The third-order valence-electron chi connectivity index (χ3n) is 4.72. The maximum Gasteiger partial charge on any atom is 0.211 e. The minimum atomic E-state index is -3.08. The number of hydrogen-bond acceptors (Lipinski definition) is 4. The molecule has 0 radical (unpaired) electrons. The van der Waals surface area contributed by atoms with Crippen LogP contribution in [0.2, 0.25) is 0 Å². The van der Waals surface area contributed by atoms with E-state index in [0.717, 1.165) is 30.7 Å². The van der Waals surface area contributed by atoms with Crippen LogP contribution < -0.4 is 10.1 Å². The molecule has 1 aliphatic heterocycles. The van der Waals surface area contributed by atoms with Gasteiger partial charge < -0.3 is 10.1 Å². The van der Waals surface area contributed by atoms with Crippen molar-refractivity contribution >= 4 is 10.0 Å². The Labute approximate surface area is 140 Å². The average Bonchev–Trinajstić information content (AvgIpc) is 2.52. The van der Waals surface area contributed by atoms with Crippen molar-refractivity contribution in [1.82, 2.24) is 9.62 Å². The molecule has 1 heterocycles. The summed E-state index contributed by atoms with van der Waals surface area (Å²) >= 11 is 0. The molecule has 0 bridgehead atoms.